The van der Waals surface area contributed by atoms with Gasteiger partial charge >= 0.3 is 0 Å². The van der Waals surface area contributed by atoms with Crippen LogP contribution >= 0.6 is 15.9 Å². The highest BCUT2D eigenvalue weighted by molar-refractivity contribution is 9.09. The van der Waals surface area contributed by atoms with Gasteiger partial charge in [-0.15, -0.1) is 0 Å². The van der Waals surface area contributed by atoms with Crippen molar-refractivity contribution >= 4 is 21.7 Å². The number of hydrogen-bond acceptors (Lipinski definition) is 1. The van der Waals surface area contributed by atoms with Gasteiger partial charge in [-0.3, -0.25) is 4.79 Å². The SMILES string of the molecule is O=C1CC[C@@H]1CBr. The molecule has 2 heteroatoms. The lowest BCUT2D eigenvalue weighted by atomic mass is 9.86. The lowest BCUT2D eigenvalue weighted by Gasteiger charge is -2.20. The van der Waals surface area contributed by atoms with E-state index in [0.717, 1.165) is 18.2 Å². The zero-order valence-electron chi connectivity index (χ0n) is 3.98. The largest absolute Gasteiger partial charge is 0.299 e. The van der Waals surface area contributed by atoms with E-state index >= 15 is 0 Å². The normalized spacial score (nSPS) is 29.9. The Hall–Kier alpha value is 0.150. The fourth-order valence-corrected chi connectivity index (χ4v) is 1.31. The molecule has 0 radical (unpaired) electrons. The molecule has 0 unspecified atom stereocenters. The molecule has 0 saturated heterocycles. The van der Waals surface area contributed by atoms with Crippen molar-refractivity contribution in [1.29, 1.82) is 0 Å². The van der Waals surface area contributed by atoms with E-state index in [1.54, 1.807) is 0 Å². The number of Topliss-reactive ketones (excluding diaryl/α,β-unsaturated/α-hetero) is 1. The van der Waals surface area contributed by atoms with Crippen molar-refractivity contribution in [3.05, 3.63) is 0 Å². The molecule has 40 valence electrons. The van der Waals surface area contributed by atoms with Crippen LogP contribution in [-0.4, -0.2) is 11.1 Å². The standard InChI is InChI=1S/C5H7BrO/c6-3-4-1-2-5(4)7/h4H,1-3H2/t4-/m1/s1. The van der Waals surface area contributed by atoms with Crippen molar-refractivity contribution in [2.24, 2.45) is 5.92 Å². The summed E-state index contributed by atoms with van der Waals surface area (Å²) in [6.07, 6.45) is 1.92. The van der Waals surface area contributed by atoms with Crippen molar-refractivity contribution < 1.29 is 4.79 Å². The summed E-state index contributed by atoms with van der Waals surface area (Å²) in [7, 11) is 0. The van der Waals surface area contributed by atoms with Gasteiger partial charge in [0.1, 0.15) is 5.78 Å². The monoisotopic (exact) mass is 162 g/mol. The number of carbonyl (C=O) groups is 1. The summed E-state index contributed by atoms with van der Waals surface area (Å²) >= 11 is 3.25. The Morgan fingerprint density at radius 2 is 2.57 bits per heavy atom. The van der Waals surface area contributed by atoms with Crippen LogP contribution in [0.1, 0.15) is 12.8 Å². The fourth-order valence-electron chi connectivity index (χ4n) is 0.630. The van der Waals surface area contributed by atoms with Crippen molar-refractivity contribution in [1.82, 2.24) is 0 Å². The Balaban J connectivity index is 2.29. The van der Waals surface area contributed by atoms with E-state index in [1.807, 2.05) is 0 Å². The molecule has 0 aromatic heterocycles. The Bertz CT molecular complexity index is 88.1. The minimum absolute atomic E-state index is 0.361. The van der Waals surface area contributed by atoms with E-state index in [4.69, 9.17) is 0 Å². The molecule has 0 aromatic carbocycles. The van der Waals surface area contributed by atoms with Crippen molar-refractivity contribution in [2.75, 3.05) is 5.33 Å². The molecular weight excluding hydrogens is 156 g/mol. The second-order valence-corrected chi connectivity index (χ2v) is 2.50. The van der Waals surface area contributed by atoms with Crippen LogP contribution in [-0.2, 0) is 4.79 Å². The first-order valence-corrected chi connectivity index (χ1v) is 3.55. The summed E-state index contributed by atoms with van der Waals surface area (Å²) in [6, 6.07) is 0. The molecule has 1 aliphatic rings. The second kappa shape index (κ2) is 1.95. The lowest BCUT2D eigenvalue weighted by molar-refractivity contribution is -0.128. The first-order valence-electron chi connectivity index (χ1n) is 2.43. The molecule has 0 heterocycles. The molecule has 0 amide bonds. The van der Waals surface area contributed by atoms with Gasteiger partial charge in [0.15, 0.2) is 0 Å². The predicted molar refractivity (Wildman–Crippen MR) is 31.5 cm³/mol. The molecule has 7 heavy (non-hydrogen) atoms. The molecule has 0 N–H and O–H groups in total. The van der Waals surface area contributed by atoms with Crippen LogP contribution in [0.3, 0.4) is 0 Å². The van der Waals surface area contributed by atoms with Crippen LogP contribution in [0.15, 0.2) is 0 Å². The number of hydrogen-bond donors (Lipinski definition) is 0. The Morgan fingerprint density at radius 3 is 2.57 bits per heavy atom. The van der Waals surface area contributed by atoms with Gasteiger partial charge in [-0.1, -0.05) is 15.9 Å². The molecular formula is C5H7BrO. The van der Waals surface area contributed by atoms with Crippen LogP contribution in [0.25, 0.3) is 0 Å². The zero-order valence-corrected chi connectivity index (χ0v) is 5.57. The van der Waals surface area contributed by atoms with Gasteiger partial charge in [0, 0.05) is 17.7 Å². The zero-order chi connectivity index (χ0) is 5.28. The maximum atomic E-state index is 10.4. The first kappa shape index (κ1) is 5.29. The topological polar surface area (TPSA) is 17.1 Å². The van der Waals surface area contributed by atoms with Crippen LogP contribution in [0.2, 0.25) is 0 Å². The van der Waals surface area contributed by atoms with Crippen LogP contribution < -0.4 is 0 Å². The average molecular weight is 163 g/mol. The average Bonchev–Trinajstić information content (AvgIpc) is 1.65. The van der Waals surface area contributed by atoms with Gasteiger partial charge in [-0.25, -0.2) is 0 Å². The Morgan fingerprint density at radius 1 is 1.86 bits per heavy atom. The summed E-state index contributed by atoms with van der Waals surface area (Å²) in [5.74, 6) is 0.789. The van der Waals surface area contributed by atoms with Gasteiger partial charge < -0.3 is 0 Å². The van der Waals surface area contributed by atoms with Gasteiger partial charge in [0.2, 0.25) is 0 Å². The summed E-state index contributed by atoms with van der Waals surface area (Å²) in [5, 5.41) is 0.867. The number of halogens is 1. The predicted octanol–water partition coefficient (Wildman–Crippen LogP) is 1.36. The van der Waals surface area contributed by atoms with E-state index in [2.05, 4.69) is 15.9 Å². The molecule has 1 rings (SSSR count). The number of carbonyl (C=O) groups excluding carboxylic acids is 1. The smallest absolute Gasteiger partial charge is 0.136 e. The molecule has 1 atom stereocenters. The number of ketones is 1. The van der Waals surface area contributed by atoms with E-state index in [-0.39, 0.29) is 0 Å². The summed E-state index contributed by atoms with van der Waals surface area (Å²) < 4.78 is 0. The highest BCUT2D eigenvalue weighted by Crippen LogP contribution is 2.23. The minimum Gasteiger partial charge on any atom is -0.299 e. The maximum absolute atomic E-state index is 10.4. The molecule has 0 aromatic rings. The number of alkyl halides is 1. The number of rotatable bonds is 1. The summed E-state index contributed by atoms with van der Waals surface area (Å²) in [5.41, 5.74) is 0. The van der Waals surface area contributed by atoms with E-state index < -0.39 is 0 Å². The molecule has 0 bridgehead atoms. The lowest BCUT2D eigenvalue weighted by Crippen LogP contribution is -2.26. The van der Waals surface area contributed by atoms with Crippen LogP contribution in [0.5, 0.6) is 0 Å². The highest BCUT2D eigenvalue weighted by Gasteiger charge is 2.25. The molecule has 0 aliphatic heterocycles. The third-order valence-corrected chi connectivity index (χ3v) is 2.16. The molecule has 1 saturated carbocycles. The second-order valence-electron chi connectivity index (χ2n) is 1.86. The maximum Gasteiger partial charge on any atom is 0.136 e. The van der Waals surface area contributed by atoms with Gasteiger partial charge in [0.05, 0.1) is 0 Å². The molecule has 1 nitrogen and oxygen atoms in total. The summed E-state index contributed by atoms with van der Waals surface area (Å²) in [4.78, 5) is 10.4. The quantitative estimate of drug-likeness (QED) is 0.533. The Labute approximate surface area is 51.2 Å². The third kappa shape index (κ3) is 0.852. The van der Waals surface area contributed by atoms with E-state index in [0.29, 0.717) is 11.7 Å². The van der Waals surface area contributed by atoms with Gasteiger partial charge in [-0.2, -0.15) is 0 Å². The van der Waals surface area contributed by atoms with Crippen molar-refractivity contribution in [3.63, 3.8) is 0 Å². The van der Waals surface area contributed by atoms with Crippen molar-refractivity contribution in [3.8, 4) is 0 Å². The Kier molecular flexibility index (Phi) is 1.47. The molecule has 0 spiro atoms. The molecule has 1 fully saturated rings. The minimum atomic E-state index is 0.361. The summed E-state index contributed by atoms with van der Waals surface area (Å²) in [6.45, 7) is 0. The van der Waals surface area contributed by atoms with Crippen molar-refractivity contribution in [2.45, 2.75) is 12.8 Å². The van der Waals surface area contributed by atoms with Crippen LogP contribution in [0, 0.1) is 5.92 Å². The highest BCUT2D eigenvalue weighted by atomic mass is 79.9. The van der Waals surface area contributed by atoms with Crippen LogP contribution in [0.4, 0.5) is 0 Å². The van der Waals surface area contributed by atoms with Gasteiger partial charge in [-0.05, 0) is 6.42 Å². The third-order valence-electron chi connectivity index (χ3n) is 1.38. The fraction of sp³-hybridized carbons (Fsp3) is 0.800. The molecule has 1 aliphatic carbocycles. The van der Waals surface area contributed by atoms with E-state index in [1.165, 1.54) is 0 Å². The van der Waals surface area contributed by atoms with E-state index in [9.17, 15) is 4.79 Å². The first-order chi connectivity index (χ1) is 3.34. The van der Waals surface area contributed by atoms with Gasteiger partial charge in [0.25, 0.3) is 0 Å².